The second kappa shape index (κ2) is 15.8. The van der Waals surface area contributed by atoms with Gasteiger partial charge in [0.1, 0.15) is 11.6 Å². The lowest BCUT2D eigenvalue weighted by Crippen LogP contribution is -2.41. The maximum Gasteiger partial charge on any atom is 0.410 e. The van der Waals surface area contributed by atoms with Crippen LogP contribution >= 0.6 is 0 Å². The summed E-state index contributed by atoms with van der Waals surface area (Å²) in [7, 11) is -4.02. The molecule has 3 heterocycles. The van der Waals surface area contributed by atoms with Gasteiger partial charge in [-0.2, -0.15) is 8.42 Å². The molecule has 2 saturated heterocycles. The normalized spacial score (nSPS) is 19.3. The third kappa shape index (κ3) is 10.1. The summed E-state index contributed by atoms with van der Waals surface area (Å²) in [6, 6.07) is 9.08. The van der Waals surface area contributed by atoms with Crippen molar-refractivity contribution in [2.24, 2.45) is 17.6 Å². The molecular weight excluding hydrogens is 632 g/mol. The fourth-order valence-corrected chi connectivity index (χ4v) is 6.15. The molecule has 256 valence electrons. The highest BCUT2D eigenvalue weighted by atomic mass is 32.2. The zero-order valence-electron chi connectivity index (χ0n) is 27.1. The molecular formula is C33H43F2N5O6S. The summed E-state index contributed by atoms with van der Waals surface area (Å²) in [4.78, 5) is 24.5. The number of ether oxygens (including phenoxy) is 2. The Kier molecular flexibility index (Phi) is 12.1. The number of hydrogen-bond acceptors (Lipinski definition) is 9. The second-order valence-electron chi connectivity index (χ2n) is 12.4. The highest BCUT2D eigenvalue weighted by Gasteiger charge is 2.34. The van der Waals surface area contributed by atoms with E-state index in [1.165, 1.54) is 18.2 Å². The zero-order valence-corrected chi connectivity index (χ0v) is 27.9. The molecule has 2 fully saturated rings. The van der Waals surface area contributed by atoms with Crippen LogP contribution in [0, 0.1) is 30.4 Å². The molecule has 0 spiro atoms. The predicted octanol–water partition coefficient (Wildman–Crippen LogP) is 5.20. The fourth-order valence-electron chi connectivity index (χ4n) is 5.67. The van der Waals surface area contributed by atoms with Gasteiger partial charge in [0.2, 0.25) is 5.95 Å². The van der Waals surface area contributed by atoms with Crippen LogP contribution in [0.1, 0.15) is 50.7 Å². The number of hydrogen-bond donors (Lipinski definition) is 2. The van der Waals surface area contributed by atoms with Crippen molar-refractivity contribution in [3.05, 3.63) is 77.6 Å². The van der Waals surface area contributed by atoms with Gasteiger partial charge in [0.25, 0.3) is 10.1 Å². The smallest absolute Gasteiger partial charge is 0.410 e. The van der Waals surface area contributed by atoms with Gasteiger partial charge in [-0.05, 0) is 81.3 Å². The molecule has 0 saturated carbocycles. The monoisotopic (exact) mass is 675 g/mol. The lowest BCUT2D eigenvalue weighted by molar-refractivity contribution is 0.0577. The molecule has 0 unspecified atom stereocenters. The SMILES string of the molecule is CC(C)OC(=O)N1CCC([C@@H](C)COc2cnc(N3C[C@@H](N)[C@H](c4cc(F)ccc4F)C3)nc2)CC1.Cc1ccc(S(=O)(=O)O)cc1. The van der Waals surface area contributed by atoms with Crippen LogP contribution in [-0.2, 0) is 14.9 Å². The van der Waals surface area contributed by atoms with E-state index in [1.54, 1.807) is 29.4 Å². The maximum atomic E-state index is 14.3. The Bertz CT molecular complexity index is 1590. The largest absolute Gasteiger partial charge is 0.490 e. The van der Waals surface area contributed by atoms with E-state index < -0.39 is 21.8 Å². The topological polar surface area (TPSA) is 148 Å². The molecule has 0 aliphatic carbocycles. The summed E-state index contributed by atoms with van der Waals surface area (Å²) in [6.07, 6.45) is 4.72. The molecule has 1 aromatic heterocycles. The number of aromatic nitrogens is 2. The minimum Gasteiger partial charge on any atom is -0.490 e. The molecule has 2 aliphatic heterocycles. The molecule has 2 aliphatic rings. The van der Waals surface area contributed by atoms with Crippen molar-refractivity contribution in [1.82, 2.24) is 14.9 Å². The van der Waals surface area contributed by atoms with Crippen molar-refractivity contribution < 1.29 is 36.0 Å². The van der Waals surface area contributed by atoms with E-state index in [-0.39, 0.29) is 34.6 Å². The molecule has 0 radical (unpaired) electrons. The standard InChI is InChI=1S/C26H35F2N5O3.C7H8O3S/c1-16(2)36-26(34)32-8-6-18(7-9-32)17(3)15-35-20-11-30-25(31-12-20)33-13-22(24(29)14-33)21-10-19(27)4-5-23(21)28;1-6-2-4-7(5-3-6)11(8,9)10/h4-5,10-12,16-18,22,24H,6-9,13-15,29H2,1-3H3;2-5H,1H3,(H,8,9,10)/t17-,22-,24+;/m0./s1. The van der Waals surface area contributed by atoms with E-state index in [0.29, 0.717) is 56.3 Å². The van der Waals surface area contributed by atoms with E-state index in [2.05, 4.69) is 16.9 Å². The number of benzene rings is 2. The first-order valence-corrected chi connectivity index (χ1v) is 17.0. The van der Waals surface area contributed by atoms with Gasteiger partial charge in [-0.25, -0.2) is 23.5 Å². The average molecular weight is 676 g/mol. The number of carbonyl (C=O) groups is 1. The summed E-state index contributed by atoms with van der Waals surface area (Å²) in [5, 5.41) is 0. The minimum atomic E-state index is -4.02. The molecule has 5 rings (SSSR count). The number of aryl methyl sites for hydroxylation is 1. The maximum absolute atomic E-state index is 14.3. The van der Waals surface area contributed by atoms with Crippen LogP contribution in [0.3, 0.4) is 0 Å². The van der Waals surface area contributed by atoms with E-state index in [1.807, 2.05) is 25.7 Å². The number of nitrogens with zero attached hydrogens (tertiary/aromatic N) is 4. The Morgan fingerprint density at radius 2 is 1.68 bits per heavy atom. The Morgan fingerprint density at radius 3 is 2.28 bits per heavy atom. The van der Waals surface area contributed by atoms with Gasteiger partial charge < -0.3 is 25.0 Å². The van der Waals surface area contributed by atoms with Gasteiger partial charge in [-0.1, -0.05) is 24.6 Å². The number of carbonyl (C=O) groups excluding carboxylic acids is 1. The summed E-state index contributed by atoms with van der Waals surface area (Å²) < 4.78 is 68.7. The predicted molar refractivity (Wildman–Crippen MR) is 173 cm³/mol. The Balaban J connectivity index is 0.000000385. The number of likely N-dealkylation sites (tertiary alicyclic amines) is 1. The quantitative estimate of drug-likeness (QED) is 0.305. The van der Waals surface area contributed by atoms with Crippen LogP contribution in [0.5, 0.6) is 5.75 Å². The van der Waals surface area contributed by atoms with Gasteiger partial charge in [0.15, 0.2) is 5.75 Å². The number of anilines is 1. The van der Waals surface area contributed by atoms with Crippen LogP contribution in [-0.4, -0.2) is 78.9 Å². The molecule has 0 bridgehead atoms. The summed E-state index contributed by atoms with van der Waals surface area (Å²) in [5.74, 6) is 0.526. The summed E-state index contributed by atoms with van der Waals surface area (Å²) in [6.45, 7) is 10.5. The van der Waals surface area contributed by atoms with E-state index in [0.717, 1.165) is 30.5 Å². The number of piperidine rings is 1. The highest BCUT2D eigenvalue weighted by Crippen LogP contribution is 2.31. The minimum absolute atomic E-state index is 0.0666. The number of rotatable bonds is 8. The Hall–Kier alpha value is -3.88. The van der Waals surface area contributed by atoms with Gasteiger partial charge in [-0.3, -0.25) is 4.55 Å². The molecule has 47 heavy (non-hydrogen) atoms. The number of nitrogens with two attached hydrogens (primary N) is 1. The molecule has 2 aromatic carbocycles. The van der Waals surface area contributed by atoms with Crippen LogP contribution < -0.4 is 15.4 Å². The van der Waals surface area contributed by atoms with Crippen LogP contribution in [0.2, 0.25) is 0 Å². The Labute approximate surface area is 274 Å². The van der Waals surface area contributed by atoms with Gasteiger partial charge in [-0.15, -0.1) is 0 Å². The lowest BCUT2D eigenvalue weighted by atomic mass is 9.86. The highest BCUT2D eigenvalue weighted by molar-refractivity contribution is 7.85. The molecule has 14 heteroatoms. The van der Waals surface area contributed by atoms with Crippen molar-refractivity contribution in [2.45, 2.75) is 63.5 Å². The van der Waals surface area contributed by atoms with Gasteiger partial charge in [0.05, 0.1) is 30.0 Å². The first-order valence-electron chi connectivity index (χ1n) is 15.6. The second-order valence-corrected chi connectivity index (χ2v) is 13.8. The summed E-state index contributed by atoms with van der Waals surface area (Å²) in [5.41, 5.74) is 7.48. The molecule has 1 amide bonds. The summed E-state index contributed by atoms with van der Waals surface area (Å²) >= 11 is 0. The lowest BCUT2D eigenvalue weighted by Gasteiger charge is -2.34. The van der Waals surface area contributed by atoms with Crippen molar-refractivity contribution in [3.63, 3.8) is 0 Å². The Morgan fingerprint density at radius 1 is 1.04 bits per heavy atom. The van der Waals surface area contributed by atoms with Crippen molar-refractivity contribution in [2.75, 3.05) is 37.7 Å². The van der Waals surface area contributed by atoms with Crippen LogP contribution in [0.25, 0.3) is 0 Å². The van der Waals surface area contributed by atoms with Crippen LogP contribution in [0.15, 0.2) is 59.8 Å². The first kappa shape index (κ1) is 36.0. The molecule has 3 atom stereocenters. The first-order chi connectivity index (χ1) is 22.2. The van der Waals surface area contributed by atoms with Gasteiger partial charge in [0, 0.05) is 38.1 Å². The van der Waals surface area contributed by atoms with E-state index >= 15 is 0 Å². The van der Waals surface area contributed by atoms with Crippen molar-refractivity contribution in [3.8, 4) is 5.75 Å². The third-order valence-electron chi connectivity index (χ3n) is 8.39. The third-order valence-corrected chi connectivity index (χ3v) is 9.26. The molecule has 11 nitrogen and oxygen atoms in total. The van der Waals surface area contributed by atoms with Crippen molar-refractivity contribution >= 4 is 22.2 Å². The number of amides is 1. The van der Waals surface area contributed by atoms with Crippen molar-refractivity contribution in [1.29, 1.82) is 0 Å². The van der Waals surface area contributed by atoms with E-state index in [9.17, 15) is 22.0 Å². The van der Waals surface area contributed by atoms with E-state index in [4.69, 9.17) is 19.8 Å². The fraction of sp³-hybridized carbons (Fsp3) is 0.485. The molecule has 3 aromatic rings. The number of halogens is 2. The molecule has 3 N–H and O–H groups in total. The zero-order chi connectivity index (χ0) is 34.3. The average Bonchev–Trinajstić information content (AvgIpc) is 3.42. The van der Waals surface area contributed by atoms with Crippen LogP contribution in [0.4, 0.5) is 19.5 Å². The van der Waals surface area contributed by atoms with Gasteiger partial charge >= 0.3 is 6.09 Å².